The summed E-state index contributed by atoms with van der Waals surface area (Å²) in [5.74, 6) is 0. The predicted octanol–water partition coefficient (Wildman–Crippen LogP) is 4.96. The van der Waals surface area contributed by atoms with E-state index in [0.29, 0.717) is 33.0 Å². The minimum Gasteiger partial charge on any atom is -0.346 e. The lowest BCUT2D eigenvalue weighted by molar-refractivity contribution is -0.133. The van der Waals surface area contributed by atoms with Crippen LogP contribution in [0.2, 0.25) is 5.02 Å². The van der Waals surface area contributed by atoms with Gasteiger partial charge < -0.3 is 4.98 Å². The van der Waals surface area contributed by atoms with Gasteiger partial charge in [0.05, 0.1) is 5.02 Å². The SMILES string of the molecule is FC(F)(F)c1sccc1-c1c[nH]c2ncc(Cl)cc12. The third-order valence-corrected chi connectivity index (χ3v) is 3.88. The van der Waals surface area contributed by atoms with Crippen molar-refractivity contribution >= 4 is 34.0 Å². The summed E-state index contributed by atoms with van der Waals surface area (Å²) in [6.07, 6.45) is -1.40. The molecule has 0 bridgehead atoms. The van der Waals surface area contributed by atoms with Crippen molar-refractivity contribution < 1.29 is 13.2 Å². The molecule has 0 unspecified atom stereocenters. The fourth-order valence-corrected chi connectivity index (χ4v) is 2.88. The highest BCUT2D eigenvalue weighted by atomic mass is 35.5. The Hall–Kier alpha value is -1.53. The first-order valence-electron chi connectivity index (χ1n) is 5.24. The van der Waals surface area contributed by atoms with Crippen LogP contribution in [0.15, 0.2) is 29.9 Å². The molecule has 98 valence electrons. The number of rotatable bonds is 1. The van der Waals surface area contributed by atoms with Crippen LogP contribution in [0.5, 0.6) is 0 Å². The molecule has 0 amide bonds. The van der Waals surface area contributed by atoms with Gasteiger partial charge in [0.1, 0.15) is 10.5 Å². The largest absolute Gasteiger partial charge is 0.426 e. The van der Waals surface area contributed by atoms with E-state index in [1.54, 1.807) is 6.07 Å². The Kier molecular flexibility index (Phi) is 2.79. The van der Waals surface area contributed by atoms with Gasteiger partial charge in [0, 0.05) is 28.9 Å². The van der Waals surface area contributed by atoms with Gasteiger partial charge in [-0.25, -0.2) is 4.98 Å². The van der Waals surface area contributed by atoms with Gasteiger partial charge in [-0.3, -0.25) is 0 Å². The second-order valence-electron chi connectivity index (χ2n) is 3.91. The lowest BCUT2D eigenvalue weighted by atomic mass is 10.1. The molecule has 0 atom stereocenters. The van der Waals surface area contributed by atoms with E-state index in [1.807, 2.05) is 0 Å². The number of alkyl halides is 3. The number of aromatic nitrogens is 2. The summed E-state index contributed by atoms with van der Waals surface area (Å²) in [6.45, 7) is 0. The van der Waals surface area contributed by atoms with Crippen LogP contribution in [0.4, 0.5) is 13.2 Å². The fraction of sp³-hybridized carbons (Fsp3) is 0.0833. The molecule has 19 heavy (non-hydrogen) atoms. The van der Waals surface area contributed by atoms with Gasteiger partial charge in [0.15, 0.2) is 0 Å². The lowest BCUT2D eigenvalue weighted by Crippen LogP contribution is -2.03. The number of halogens is 4. The van der Waals surface area contributed by atoms with Crippen LogP contribution in [0, 0.1) is 0 Å². The smallest absolute Gasteiger partial charge is 0.346 e. The van der Waals surface area contributed by atoms with Gasteiger partial charge in [-0.15, -0.1) is 11.3 Å². The highest BCUT2D eigenvalue weighted by molar-refractivity contribution is 7.10. The zero-order chi connectivity index (χ0) is 13.6. The van der Waals surface area contributed by atoms with E-state index in [2.05, 4.69) is 9.97 Å². The molecular formula is C12H6ClF3N2S. The quantitative estimate of drug-likeness (QED) is 0.676. The summed E-state index contributed by atoms with van der Waals surface area (Å²) >= 11 is 6.52. The number of aromatic amines is 1. The summed E-state index contributed by atoms with van der Waals surface area (Å²) in [4.78, 5) is 6.27. The number of nitrogens with zero attached hydrogens (tertiary/aromatic N) is 1. The van der Waals surface area contributed by atoms with Crippen molar-refractivity contribution in [3.05, 3.63) is 39.8 Å². The Labute approximate surface area is 114 Å². The molecule has 0 aliphatic carbocycles. The standard InChI is InChI=1S/C12H6ClF3N2S/c13-6-3-8-9(5-18-11(8)17-4-6)7-1-2-19-10(7)12(14,15)16/h1-5H,(H,17,18). The molecule has 0 aromatic carbocycles. The first-order chi connectivity index (χ1) is 8.97. The number of pyridine rings is 1. The van der Waals surface area contributed by atoms with E-state index in [9.17, 15) is 13.2 Å². The van der Waals surface area contributed by atoms with E-state index in [4.69, 9.17) is 11.6 Å². The van der Waals surface area contributed by atoms with Crippen LogP contribution in [-0.2, 0) is 6.18 Å². The molecule has 3 aromatic rings. The van der Waals surface area contributed by atoms with E-state index >= 15 is 0 Å². The molecular weight excluding hydrogens is 297 g/mol. The summed E-state index contributed by atoms with van der Waals surface area (Å²) < 4.78 is 38.7. The molecule has 3 rings (SSSR count). The minimum absolute atomic E-state index is 0.146. The second kappa shape index (κ2) is 4.25. The Balaban J connectivity index is 2.26. The van der Waals surface area contributed by atoms with Crippen molar-refractivity contribution in [2.45, 2.75) is 6.18 Å². The Morgan fingerprint density at radius 1 is 1.26 bits per heavy atom. The first-order valence-corrected chi connectivity index (χ1v) is 6.50. The molecule has 0 aliphatic heterocycles. The monoisotopic (exact) mass is 302 g/mol. The molecule has 0 aliphatic rings. The molecule has 0 spiro atoms. The molecule has 2 nitrogen and oxygen atoms in total. The number of H-pyrrole nitrogens is 1. The molecule has 3 aromatic heterocycles. The maximum Gasteiger partial charge on any atom is 0.426 e. The van der Waals surface area contributed by atoms with Crippen LogP contribution in [-0.4, -0.2) is 9.97 Å². The van der Waals surface area contributed by atoms with Crippen LogP contribution >= 0.6 is 22.9 Å². The highest BCUT2D eigenvalue weighted by Gasteiger charge is 2.35. The van der Waals surface area contributed by atoms with Gasteiger partial charge >= 0.3 is 6.18 Å². The van der Waals surface area contributed by atoms with Crippen molar-refractivity contribution in [2.75, 3.05) is 0 Å². The van der Waals surface area contributed by atoms with Gasteiger partial charge in [0.2, 0.25) is 0 Å². The van der Waals surface area contributed by atoms with Crippen molar-refractivity contribution in [1.82, 2.24) is 9.97 Å². The zero-order valence-corrected chi connectivity index (χ0v) is 10.8. The molecule has 3 heterocycles. The van der Waals surface area contributed by atoms with Gasteiger partial charge in [-0.05, 0) is 17.5 Å². The van der Waals surface area contributed by atoms with Crippen LogP contribution < -0.4 is 0 Å². The average molecular weight is 303 g/mol. The van der Waals surface area contributed by atoms with Crippen molar-refractivity contribution in [3.8, 4) is 11.1 Å². The predicted molar refractivity (Wildman–Crippen MR) is 69.4 cm³/mol. The van der Waals surface area contributed by atoms with Gasteiger partial charge in [-0.1, -0.05) is 11.6 Å². The van der Waals surface area contributed by atoms with Crippen molar-refractivity contribution in [2.24, 2.45) is 0 Å². The van der Waals surface area contributed by atoms with Crippen LogP contribution in [0.1, 0.15) is 4.88 Å². The molecule has 0 saturated heterocycles. The number of hydrogen-bond acceptors (Lipinski definition) is 2. The number of thiophene rings is 1. The zero-order valence-electron chi connectivity index (χ0n) is 9.25. The molecule has 0 radical (unpaired) electrons. The average Bonchev–Trinajstić information content (AvgIpc) is 2.91. The molecule has 0 fully saturated rings. The first kappa shape index (κ1) is 12.5. The summed E-state index contributed by atoms with van der Waals surface area (Å²) in [6, 6.07) is 3.06. The minimum atomic E-state index is -4.36. The normalized spacial score (nSPS) is 12.2. The lowest BCUT2D eigenvalue weighted by Gasteiger charge is -2.06. The number of hydrogen-bond donors (Lipinski definition) is 1. The summed E-state index contributed by atoms with van der Waals surface area (Å²) in [5, 5.41) is 2.39. The molecule has 0 saturated carbocycles. The van der Waals surface area contributed by atoms with Crippen LogP contribution in [0.25, 0.3) is 22.2 Å². The van der Waals surface area contributed by atoms with E-state index in [-0.39, 0.29) is 5.56 Å². The van der Waals surface area contributed by atoms with Crippen LogP contribution in [0.3, 0.4) is 0 Å². The highest BCUT2D eigenvalue weighted by Crippen LogP contribution is 2.42. The van der Waals surface area contributed by atoms with Gasteiger partial charge in [0.25, 0.3) is 0 Å². The third-order valence-electron chi connectivity index (χ3n) is 2.71. The Morgan fingerprint density at radius 3 is 2.79 bits per heavy atom. The van der Waals surface area contributed by atoms with E-state index < -0.39 is 11.1 Å². The van der Waals surface area contributed by atoms with Gasteiger partial charge in [-0.2, -0.15) is 13.2 Å². The van der Waals surface area contributed by atoms with Crippen molar-refractivity contribution in [1.29, 1.82) is 0 Å². The Bertz CT molecular complexity index is 745. The maximum atomic E-state index is 12.9. The second-order valence-corrected chi connectivity index (χ2v) is 5.27. The number of nitrogens with one attached hydrogen (secondary N) is 1. The molecule has 1 N–H and O–H groups in total. The third kappa shape index (κ3) is 2.11. The fourth-order valence-electron chi connectivity index (χ4n) is 1.94. The van der Waals surface area contributed by atoms with Crippen molar-refractivity contribution in [3.63, 3.8) is 0 Å². The number of fused-ring (bicyclic) bond motifs is 1. The maximum absolute atomic E-state index is 12.9. The topological polar surface area (TPSA) is 28.7 Å². The summed E-state index contributed by atoms with van der Waals surface area (Å²) in [5.41, 5.74) is 1.12. The van der Waals surface area contributed by atoms with E-state index in [1.165, 1.54) is 23.8 Å². The molecule has 7 heteroatoms. The summed E-state index contributed by atoms with van der Waals surface area (Å²) in [7, 11) is 0. The Morgan fingerprint density at radius 2 is 2.05 bits per heavy atom. The van der Waals surface area contributed by atoms with E-state index in [0.717, 1.165) is 0 Å².